The van der Waals surface area contributed by atoms with Crippen molar-refractivity contribution in [3.63, 3.8) is 0 Å². The monoisotopic (exact) mass is 499 g/mol. The van der Waals surface area contributed by atoms with Crippen molar-refractivity contribution in [2.75, 3.05) is 25.5 Å². The highest BCUT2D eigenvalue weighted by Crippen LogP contribution is 2.31. The molecule has 4 rings (SSSR count). The number of nitrogens with zero attached hydrogens (tertiary/aromatic N) is 5. The summed E-state index contributed by atoms with van der Waals surface area (Å²) >= 11 is 0. The Balaban J connectivity index is 1.52. The molecule has 12 heteroatoms. The lowest BCUT2D eigenvalue weighted by Crippen LogP contribution is -2.33. The zero-order chi connectivity index (χ0) is 25.9. The van der Waals surface area contributed by atoms with Crippen LogP contribution in [0, 0.1) is 12.8 Å². The first-order valence-electron chi connectivity index (χ1n) is 11.2. The van der Waals surface area contributed by atoms with Crippen LogP contribution in [0.15, 0.2) is 42.9 Å². The number of nitrogens with one attached hydrogen (secondary N) is 2. The van der Waals surface area contributed by atoms with Crippen molar-refractivity contribution in [1.29, 1.82) is 0 Å². The van der Waals surface area contributed by atoms with E-state index in [1.54, 1.807) is 37.4 Å². The van der Waals surface area contributed by atoms with Crippen molar-refractivity contribution in [1.82, 2.24) is 30.4 Å². The van der Waals surface area contributed by atoms with E-state index in [2.05, 4.69) is 30.8 Å². The Kier molecular flexibility index (Phi) is 7.13. The summed E-state index contributed by atoms with van der Waals surface area (Å²) in [4.78, 5) is 34.4. The standard InChI is InChI=1S/C24H24F3N7O2/c1-14-19(20-8-17(11-31-33-20)16-3-5-29-21(7-16)22(35)28-2)9-18(12-30-14)32-23(36)34-6-4-15(13-34)10-24(25,26)27/h3,5,7-9,11-12,15H,4,6,10,13H2,1-2H3,(H,28,35)(H,32,36). The normalized spacial score (nSPS) is 15.6. The van der Waals surface area contributed by atoms with E-state index in [1.807, 2.05) is 0 Å². The second-order valence-electron chi connectivity index (χ2n) is 8.55. The number of urea groups is 1. The maximum absolute atomic E-state index is 12.7. The molecule has 1 aliphatic heterocycles. The van der Waals surface area contributed by atoms with Crippen LogP contribution in [-0.2, 0) is 0 Å². The second-order valence-corrected chi connectivity index (χ2v) is 8.55. The van der Waals surface area contributed by atoms with Gasteiger partial charge in [0.1, 0.15) is 5.69 Å². The highest BCUT2D eigenvalue weighted by atomic mass is 19.4. The van der Waals surface area contributed by atoms with Crippen LogP contribution in [0.1, 0.15) is 29.0 Å². The highest BCUT2D eigenvalue weighted by Gasteiger charge is 2.36. The highest BCUT2D eigenvalue weighted by molar-refractivity contribution is 5.93. The van der Waals surface area contributed by atoms with Crippen molar-refractivity contribution in [3.8, 4) is 22.4 Å². The van der Waals surface area contributed by atoms with E-state index < -0.39 is 24.5 Å². The summed E-state index contributed by atoms with van der Waals surface area (Å²) in [6.07, 6.45) is -0.266. The number of anilines is 1. The quantitative estimate of drug-likeness (QED) is 0.547. The van der Waals surface area contributed by atoms with Gasteiger partial charge < -0.3 is 15.5 Å². The maximum atomic E-state index is 12.7. The van der Waals surface area contributed by atoms with Gasteiger partial charge in [-0.3, -0.25) is 14.8 Å². The van der Waals surface area contributed by atoms with E-state index in [-0.39, 0.29) is 24.7 Å². The molecule has 0 bridgehead atoms. The molecule has 1 unspecified atom stereocenters. The first-order chi connectivity index (χ1) is 17.1. The van der Waals surface area contributed by atoms with Gasteiger partial charge >= 0.3 is 12.2 Å². The molecule has 9 nitrogen and oxygen atoms in total. The van der Waals surface area contributed by atoms with Crippen molar-refractivity contribution < 1.29 is 22.8 Å². The van der Waals surface area contributed by atoms with Crippen LogP contribution in [0.4, 0.5) is 23.7 Å². The summed E-state index contributed by atoms with van der Waals surface area (Å²) < 4.78 is 38.0. The van der Waals surface area contributed by atoms with Gasteiger partial charge in [0.25, 0.3) is 5.91 Å². The molecule has 36 heavy (non-hydrogen) atoms. The number of aromatic nitrogens is 4. The van der Waals surface area contributed by atoms with Gasteiger partial charge in [0.2, 0.25) is 0 Å². The van der Waals surface area contributed by atoms with Gasteiger partial charge in [-0.25, -0.2) is 4.79 Å². The molecule has 188 valence electrons. The van der Waals surface area contributed by atoms with Gasteiger partial charge in [0.15, 0.2) is 0 Å². The van der Waals surface area contributed by atoms with Gasteiger partial charge in [0, 0.05) is 49.6 Å². The van der Waals surface area contributed by atoms with Crippen LogP contribution in [-0.4, -0.2) is 63.3 Å². The molecule has 0 radical (unpaired) electrons. The van der Waals surface area contributed by atoms with Crippen molar-refractivity contribution in [2.45, 2.75) is 25.9 Å². The molecule has 4 heterocycles. The minimum atomic E-state index is -4.25. The lowest BCUT2D eigenvalue weighted by molar-refractivity contribution is -0.143. The molecule has 0 aromatic carbocycles. The topological polar surface area (TPSA) is 113 Å². The SMILES string of the molecule is CNC(=O)c1cc(-c2cnnc(-c3cc(NC(=O)N4CCC(CC(F)(F)F)C4)cnc3C)c2)ccn1. The van der Waals surface area contributed by atoms with Gasteiger partial charge in [-0.15, -0.1) is 0 Å². The van der Waals surface area contributed by atoms with E-state index in [0.29, 0.717) is 34.6 Å². The minimum Gasteiger partial charge on any atom is -0.354 e. The van der Waals surface area contributed by atoms with E-state index in [1.165, 1.54) is 24.3 Å². The Morgan fingerprint density at radius 3 is 2.69 bits per heavy atom. The largest absolute Gasteiger partial charge is 0.389 e. The molecular weight excluding hydrogens is 475 g/mol. The summed E-state index contributed by atoms with van der Waals surface area (Å²) in [5.41, 5.74) is 3.84. The van der Waals surface area contributed by atoms with Crippen LogP contribution in [0.2, 0.25) is 0 Å². The number of aryl methyl sites for hydroxylation is 1. The number of likely N-dealkylation sites (tertiary alicyclic amines) is 1. The Morgan fingerprint density at radius 2 is 1.94 bits per heavy atom. The fourth-order valence-corrected chi connectivity index (χ4v) is 4.09. The Labute approximate surface area is 205 Å². The minimum absolute atomic E-state index is 0.0506. The number of halogens is 3. The van der Waals surface area contributed by atoms with Crippen LogP contribution in [0.25, 0.3) is 22.4 Å². The van der Waals surface area contributed by atoms with Crippen LogP contribution in [0.5, 0.6) is 0 Å². The molecule has 1 aliphatic rings. The smallest absolute Gasteiger partial charge is 0.354 e. The summed E-state index contributed by atoms with van der Waals surface area (Å²) in [5, 5.41) is 13.5. The molecule has 3 amide bonds. The molecular formula is C24H24F3N7O2. The van der Waals surface area contributed by atoms with Gasteiger partial charge in [-0.1, -0.05) is 0 Å². The number of rotatable bonds is 5. The zero-order valence-corrected chi connectivity index (χ0v) is 19.6. The molecule has 0 aliphatic carbocycles. The molecule has 1 saturated heterocycles. The lowest BCUT2D eigenvalue weighted by Gasteiger charge is -2.18. The van der Waals surface area contributed by atoms with Crippen LogP contribution in [0.3, 0.4) is 0 Å². The van der Waals surface area contributed by atoms with Crippen molar-refractivity contribution in [3.05, 3.63) is 54.2 Å². The van der Waals surface area contributed by atoms with Gasteiger partial charge in [-0.05, 0) is 49.1 Å². The summed E-state index contributed by atoms with van der Waals surface area (Å²) in [6.45, 7) is 2.10. The van der Waals surface area contributed by atoms with E-state index >= 15 is 0 Å². The average molecular weight is 499 g/mol. The Bertz CT molecular complexity index is 1280. The number of hydrogen-bond acceptors (Lipinski definition) is 6. The number of alkyl halides is 3. The molecule has 1 atom stereocenters. The van der Waals surface area contributed by atoms with Crippen LogP contribution >= 0.6 is 0 Å². The molecule has 1 fully saturated rings. The van der Waals surface area contributed by atoms with Gasteiger partial charge in [0.05, 0.1) is 23.8 Å². The fourth-order valence-electron chi connectivity index (χ4n) is 4.09. The molecule has 3 aromatic heterocycles. The summed E-state index contributed by atoms with van der Waals surface area (Å²) in [5.74, 6) is -0.914. The number of pyridine rings is 2. The van der Waals surface area contributed by atoms with Crippen LogP contribution < -0.4 is 10.6 Å². The first-order valence-corrected chi connectivity index (χ1v) is 11.2. The average Bonchev–Trinajstić information content (AvgIpc) is 3.32. The fraction of sp³-hybridized carbons (Fsp3) is 0.333. The van der Waals surface area contributed by atoms with Gasteiger partial charge in [-0.2, -0.15) is 23.4 Å². The number of amides is 3. The molecule has 3 aromatic rings. The third-order valence-corrected chi connectivity index (χ3v) is 5.91. The summed E-state index contributed by atoms with van der Waals surface area (Å²) in [7, 11) is 1.52. The Morgan fingerprint density at radius 1 is 1.14 bits per heavy atom. The van der Waals surface area contributed by atoms with E-state index in [4.69, 9.17) is 0 Å². The predicted molar refractivity (Wildman–Crippen MR) is 126 cm³/mol. The lowest BCUT2D eigenvalue weighted by atomic mass is 10.0. The number of hydrogen-bond donors (Lipinski definition) is 2. The third kappa shape index (κ3) is 5.93. The summed E-state index contributed by atoms with van der Waals surface area (Å²) in [6, 6.07) is 6.39. The number of carbonyl (C=O) groups excluding carboxylic acids is 2. The van der Waals surface area contributed by atoms with E-state index in [9.17, 15) is 22.8 Å². The molecule has 2 N–H and O–H groups in total. The third-order valence-electron chi connectivity index (χ3n) is 5.91. The number of carbonyl (C=O) groups is 2. The first kappa shape index (κ1) is 25.0. The maximum Gasteiger partial charge on any atom is 0.389 e. The zero-order valence-electron chi connectivity index (χ0n) is 19.6. The predicted octanol–water partition coefficient (Wildman–Crippen LogP) is 4.07. The van der Waals surface area contributed by atoms with Crippen molar-refractivity contribution in [2.24, 2.45) is 5.92 Å². The van der Waals surface area contributed by atoms with Crippen molar-refractivity contribution >= 4 is 17.6 Å². The Hall–Kier alpha value is -4.09. The molecule has 0 spiro atoms. The van der Waals surface area contributed by atoms with E-state index in [0.717, 1.165) is 5.56 Å². The molecule has 0 saturated carbocycles. The second kappa shape index (κ2) is 10.3.